The van der Waals surface area contributed by atoms with Gasteiger partial charge in [0.2, 0.25) is 5.91 Å². The quantitative estimate of drug-likeness (QED) is 0.294. The number of fused-ring (bicyclic) bond motifs is 1. The predicted octanol–water partition coefficient (Wildman–Crippen LogP) is 6.21. The molecule has 1 aromatic heterocycles. The highest BCUT2D eigenvalue weighted by Crippen LogP contribution is 2.30. The number of hydrogen-bond acceptors (Lipinski definition) is 4. The number of anilines is 1. The van der Waals surface area contributed by atoms with E-state index in [0.717, 1.165) is 39.2 Å². The van der Waals surface area contributed by atoms with Crippen molar-refractivity contribution in [3.8, 4) is 11.4 Å². The van der Waals surface area contributed by atoms with Crippen LogP contribution in [-0.4, -0.2) is 21.6 Å². The highest BCUT2D eigenvalue weighted by molar-refractivity contribution is 8.00. The van der Waals surface area contributed by atoms with Gasteiger partial charge in [-0.25, -0.2) is 9.97 Å². The summed E-state index contributed by atoms with van der Waals surface area (Å²) in [6.07, 6.45) is 0.889. The highest BCUT2D eigenvalue weighted by atomic mass is 32.2. The number of aromatic nitrogens is 2. The lowest BCUT2D eigenvalue weighted by Gasteiger charge is -2.11. The zero-order valence-corrected chi connectivity index (χ0v) is 18.8. The Morgan fingerprint density at radius 3 is 2.48 bits per heavy atom. The molecule has 0 aliphatic heterocycles. The lowest BCUT2D eigenvalue weighted by molar-refractivity contribution is -0.113. The molecule has 0 radical (unpaired) electrons. The Kier molecular flexibility index (Phi) is 6.33. The summed E-state index contributed by atoms with van der Waals surface area (Å²) < 4.78 is 0. The number of benzene rings is 3. The normalized spacial score (nSPS) is 10.9. The molecule has 4 nitrogen and oxygen atoms in total. The molecule has 0 aliphatic rings. The Bertz CT molecular complexity index is 1240. The molecule has 5 heteroatoms. The summed E-state index contributed by atoms with van der Waals surface area (Å²) in [4.78, 5) is 22.3. The van der Waals surface area contributed by atoms with Crippen LogP contribution in [0.1, 0.15) is 23.6 Å². The van der Waals surface area contributed by atoms with E-state index < -0.39 is 0 Å². The highest BCUT2D eigenvalue weighted by Gasteiger charge is 2.14. The molecule has 31 heavy (non-hydrogen) atoms. The summed E-state index contributed by atoms with van der Waals surface area (Å²) in [5, 5.41) is 4.81. The van der Waals surface area contributed by atoms with Crippen LogP contribution in [-0.2, 0) is 11.2 Å². The van der Waals surface area contributed by atoms with Gasteiger partial charge in [0, 0.05) is 16.6 Å². The van der Waals surface area contributed by atoms with E-state index in [1.165, 1.54) is 22.9 Å². The minimum atomic E-state index is -0.0482. The summed E-state index contributed by atoms with van der Waals surface area (Å²) >= 11 is 1.45. The molecular weight excluding hydrogens is 402 g/mol. The second-order valence-electron chi connectivity index (χ2n) is 7.52. The summed E-state index contributed by atoms with van der Waals surface area (Å²) in [6.45, 7) is 6.23. The third-order valence-corrected chi connectivity index (χ3v) is 6.31. The standard InChI is InChI=1S/C26H25N3OS/c1-4-19-11-8-12-22-24(19)28-25(20-9-6-5-7-10-20)29-26(22)31-16-23(30)27-21-14-13-17(2)18(3)15-21/h5-15H,4,16H2,1-3H3,(H,27,30). The van der Waals surface area contributed by atoms with E-state index in [2.05, 4.69) is 25.2 Å². The molecular formula is C26H25N3OS. The zero-order chi connectivity index (χ0) is 21.8. The molecule has 0 bridgehead atoms. The molecule has 0 saturated carbocycles. The number of amides is 1. The zero-order valence-electron chi connectivity index (χ0n) is 18.0. The van der Waals surface area contributed by atoms with E-state index in [1.54, 1.807) is 0 Å². The number of carbonyl (C=O) groups is 1. The number of aryl methyl sites for hydroxylation is 3. The molecule has 0 unspecified atom stereocenters. The largest absolute Gasteiger partial charge is 0.325 e. The van der Waals surface area contributed by atoms with Gasteiger partial charge in [-0.2, -0.15) is 0 Å². The van der Waals surface area contributed by atoms with Crippen LogP contribution in [0.3, 0.4) is 0 Å². The Labute approximate surface area is 187 Å². The topological polar surface area (TPSA) is 54.9 Å². The molecule has 1 N–H and O–H groups in total. The van der Waals surface area contributed by atoms with Gasteiger partial charge in [-0.05, 0) is 49.1 Å². The fraction of sp³-hybridized carbons (Fsp3) is 0.192. The van der Waals surface area contributed by atoms with Crippen molar-refractivity contribution < 1.29 is 4.79 Å². The number of rotatable bonds is 6. The Balaban J connectivity index is 1.63. The average molecular weight is 428 g/mol. The minimum absolute atomic E-state index is 0.0482. The molecule has 0 atom stereocenters. The maximum atomic E-state index is 12.6. The first-order valence-corrected chi connectivity index (χ1v) is 11.4. The van der Waals surface area contributed by atoms with E-state index in [1.807, 2.05) is 67.6 Å². The molecule has 1 amide bonds. The van der Waals surface area contributed by atoms with Crippen LogP contribution in [0.25, 0.3) is 22.3 Å². The second-order valence-corrected chi connectivity index (χ2v) is 8.49. The van der Waals surface area contributed by atoms with Gasteiger partial charge >= 0.3 is 0 Å². The van der Waals surface area contributed by atoms with Crippen molar-refractivity contribution in [1.29, 1.82) is 0 Å². The minimum Gasteiger partial charge on any atom is -0.325 e. The number of hydrogen-bond donors (Lipinski definition) is 1. The van der Waals surface area contributed by atoms with Crippen molar-refractivity contribution in [1.82, 2.24) is 9.97 Å². The number of para-hydroxylation sites is 1. The number of nitrogens with one attached hydrogen (secondary N) is 1. The van der Waals surface area contributed by atoms with Gasteiger partial charge in [0.15, 0.2) is 5.82 Å². The summed E-state index contributed by atoms with van der Waals surface area (Å²) in [7, 11) is 0. The van der Waals surface area contributed by atoms with Crippen molar-refractivity contribution in [3.05, 3.63) is 83.4 Å². The Hall–Kier alpha value is -3.18. The summed E-state index contributed by atoms with van der Waals surface area (Å²) in [6, 6.07) is 22.1. The fourth-order valence-corrected chi connectivity index (χ4v) is 4.26. The van der Waals surface area contributed by atoms with Gasteiger partial charge < -0.3 is 5.32 Å². The van der Waals surface area contributed by atoms with Gasteiger partial charge in [0.1, 0.15) is 5.03 Å². The van der Waals surface area contributed by atoms with Gasteiger partial charge in [0.05, 0.1) is 11.3 Å². The van der Waals surface area contributed by atoms with Gasteiger partial charge in [-0.15, -0.1) is 0 Å². The van der Waals surface area contributed by atoms with Crippen LogP contribution < -0.4 is 5.32 Å². The average Bonchev–Trinajstić information content (AvgIpc) is 2.80. The monoisotopic (exact) mass is 427 g/mol. The molecule has 4 aromatic rings. The first kappa shape index (κ1) is 21.1. The van der Waals surface area contributed by atoms with E-state index in [0.29, 0.717) is 5.82 Å². The first-order valence-electron chi connectivity index (χ1n) is 10.4. The van der Waals surface area contributed by atoms with Crippen molar-refractivity contribution in [2.45, 2.75) is 32.2 Å². The van der Waals surface area contributed by atoms with Crippen molar-refractivity contribution in [2.75, 3.05) is 11.1 Å². The fourth-order valence-electron chi connectivity index (χ4n) is 3.45. The molecule has 3 aromatic carbocycles. The van der Waals surface area contributed by atoms with Gasteiger partial charge in [0.25, 0.3) is 0 Å². The SMILES string of the molecule is CCc1cccc2c(SCC(=O)Nc3ccc(C)c(C)c3)nc(-c3ccccc3)nc12. The Morgan fingerprint density at radius 1 is 0.935 bits per heavy atom. The van der Waals surface area contributed by atoms with E-state index >= 15 is 0 Å². The van der Waals surface area contributed by atoms with E-state index in [9.17, 15) is 4.79 Å². The summed E-state index contributed by atoms with van der Waals surface area (Å²) in [5.74, 6) is 0.919. The predicted molar refractivity (Wildman–Crippen MR) is 130 cm³/mol. The number of nitrogens with zero attached hydrogens (tertiary/aromatic N) is 2. The molecule has 156 valence electrons. The van der Waals surface area contributed by atoms with Crippen LogP contribution in [0, 0.1) is 13.8 Å². The van der Waals surface area contributed by atoms with Gasteiger partial charge in [-0.3, -0.25) is 4.79 Å². The maximum absolute atomic E-state index is 12.6. The van der Waals surface area contributed by atoms with Gasteiger partial charge in [-0.1, -0.05) is 73.3 Å². The van der Waals surface area contributed by atoms with E-state index in [4.69, 9.17) is 9.97 Å². The summed E-state index contributed by atoms with van der Waals surface area (Å²) in [5.41, 5.74) is 6.29. The van der Waals surface area contributed by atoms with Crippen LogP contribution in [0.2, 0.25) is 0 Å². The molecule has 1 heterocycles. The van der Waals surface area contributed by atoms with Crippen LogP contribution in [0.4, 0.5) is 5.69 Å². The lowest BCUT2D eigenvalue weighted by atomic mass is 10.1. The van der Waals surface area contributed by atoms with Crippen LogP contribution in [0.5, 0.6) is 0 Å². The Morgan fingerprint density at radius 2 is 1.74 bits per heavy atom. The maximum Gasteiger partial charge on any atom is 0.234 e. The van der Waals surface area contributed by atoms with Crippen LogP contribution in [0.15, 0.2) is 71.8 Å². The molecule has 0 aliphatic carbocycles. The molecule has 4 rings (SSSR count). The molecule has 0 fully saturated rings. The number of carbonyl (C=O) groups excluding carboxylic acids is 1. The molecule has 0 spiro atoms. The van der Waals surface area contributed by atoms with E-state index in [-0.39, 0.29) is 11.7 Å². The molecule has 0 saturated heterocycles. The first-order chi connectivity index (χ1) is 15.0. The lowest BCUT2D eigenvalue weighted by Crippen LogP contribution is -2.14. The van der Waals surface area contributed by atoms with Crippen molar-refractivity contribution in [2.24, 2.45) is 0 Å². The second kappa shape index (κ2) is 9.31. The number of thioether (sulfide) groups is 1. The third kappa shape index (κ3) is 4.78. The smallest absolute Gasteiger partial charge is 0.234 e. The van der Waals surface area contributed by atoms with Crippen molar-refractivity contribution in [3.63, 3.8) is 0 Å². The van der Waals surface area contributed by atoms with Crippen LogP contribution >= 0.6 is 11.8 Å². The third-order valence-electron chi connectivity index (χ3n) is 5.32. The van der Waals surface area contributed by atoms with Crippen molar-refractivity contribution >= 4 is 34.3 Å².